The Morgan fingerprint density at radius 3 is 2.17 bits per heavy atom. The zero-order valence-corrected chi connectivity index (χ0v) is 25.0. The first-order chi connectivity index (χ1) is 19.2. The summed E-state index contributed by atoms with van der Waals surface area (Å²) < 4.78 is 1.87. The largest absolute Gasteiger partial charge is 0.339 e. The van der Waals surface area contributed by atoms with Gasteiger partial charge in [-0.05, 0) is 69.7 Å². The van der Waals surface area contributed by atoms with E-state index in [1.165, 1.54) is 19.3 Å². The first-order valence-corrected chi connectivity index (χ1v) is 15.0. The fraction of sp³-hybridized carbons (Fsp3) is 0.500. The summed E-state index contributed by atoms with van der Waals surface area (Å²) in [4.78, 5) is 30.1. The number of piperidine rings is 1. The summed E-state index contributed by atoms with van der Waals surface area (Å²) in [7, 11) is 0. The molecule has 0 radical (unpaired) electrons. The summed E-state index contributed by atoms with van der Waals surface area (Å²) in [6, 6.07) is 11.5. The Hall–Kier alpha value is -3.25. The van der Waals surface area contributed by atoms with Gasteiger partial charge >= 0.3 is 0 Å². The van der Waals surface area contributed by atoms with E-state index in [4.69, 9.17) is 5.10 Å². The van der Waals surface area contributed by atoms with Gasteiger partial charge in [-0.25, -0.2) is 4.52 Å². The van der Waals surface area contributed by atoms with E-state index < -0.39 is 0 Å². The zero-order chi connectivity index (χ0) is 28.6. The maximum Gasteiger partial charge on any atom is 0.253 e. The molecule has 1 aromatic carbocycles. The number of rotatable bonds is 12. The van der Waals surface area contributed by atoms with Crippen molar-refractivity contribution in [3.63, 3.8) is 0 Å². The van der Waals surface area contributed by atoms with Crippen LogP contribution >= 0.6 is 0 Å². The topological polar surface area (TPSA) is 57.9 Å². The second-order valence-corrected chi connectivity index (χ2v) is 12.1. The van der Waals surface area contributed by atoms with Crippen LogP contribution in [-0.2, 0) is 0 Å². The molecule has 1 fully saturated rings. The number of nitrogens with zero attached hydrogens (tertiary/aromatic N) is 4. The first kappa shape index (κ1) is 29.7. The maximum absolute atomic E-state index is 13.8. The molecule has 1 amide bonds. The quantitative estimate of drug-likeness (QED) is 0.226. The highest BCUT2D eigenvalue weighted by molar-refractivity contribution is 5.97. The third kappa shape index (κ3) is 7.69. The Morgan fingerprint density at radius 2 is 1.57 bits per heavy atom. The molecule has 1 saturated heterocycles. The van der Waals surface area contributed by atoms with E-state index in [2.05, 4.69) is 44.7 Å². The minimum absolute atomic E-state index is 0.0471. The number of Topliss-reactive ketones (excluding diaryl/α,β-unsaturated/α-hetero) is 1. The fourth-order valence-corrected chi connectivity index (χ4v) is 5.22. The third-order valence-corrected chi connectivity index (χ3v) is 7.82. The molecule has 0 N–H and O–H groups in total. The molecule has 0 spiro atoms. The van der Waals surface area contributed by atoms with Crippen molar-refractivity contribution in [2.24, 2.45) is 11.8 Å². The summed E-state index contributed by atoms with van der Waals surface area (Å²) in [5, 5.41) is 4.93. The molecule has 0 atom stereocenters. The van der Waals surface area contributed by atoms with E-state index in [1.807, 2.05) is 52.0 Å². The van der Waals surface area contributed by atoms with Crippen LogP contribution in [0.3, 0.4) is 0 Å². The number of hydrogen-bond donors (Lipinski definition) is 0. The zero-order valence-electron chi connectivity index (χ0n) is 25.0. The summed E-state index contributed by atoms with van der Waals surface area (Å²) in [5.41, 5.74) is 5.10. The third-order valence-electron chi connectivity index (χ3n) is 7.82. The van der Waals surface area contributed by atoms with E-state index in [9.17, 15) is 9.59 Å². The monoisotopic (exact) mass is 542 g/mol. The number of carbonyl (C=O) groups excluding carboxylic acids is 2. The van der Waals surface area contributed by atoms with E-state index in [0.29, 0.717) is 23.0 Å². The van der Waals surface area contributed by atoms with E-state index in [1.54, 1.807) is 6.92 Å². The highest BCUT2D eigenvalue weighted by atomic mass is 16.2. The van der Waals surface area contributed by atoms with Crippen molar-refractivity contribution in [1.82, 2.24) is 19.4 Å². The van der Waals surface area contributed by atoms with Crippen LogP contribution in [0.4, 0.5) is 0 Å². The van der Waals surface area contributed by atoms with Crippen LogP contribution in [0, 0.1) is 11.8 Å². The lowest BCUT2D eigenvalue weighted by molar-refractivity contribution is 0.0740. The van der Waals surface area contributed by atoms with Gasteiger partial charge in [0.05, 0.1) is 5.52 Å². The second-order valence-electron chi connectivity index (χ2n) is 12.1. The van der Waals surface area contributed by atoms with Gasteiger partial charge in [0.2, 0.25) is 0 Å². The molecule has 0 saturated carbocycles. The van der Waals surface area contributed by atoms with Crippen LogP contribution in [0.2, 0.25) is 0 Å². The van der Waals surface area contributed by atoms with Crippen molar-refractivity contribution in [3.8, 4) is 11.3 Å². The number of carbonyl (C=O) groups is 2. The SMILES string of the molecule is CC(=O)c1ccc(-c2nn3ccc(C(=O)N(CCC(C)C)CCC(C)C)cc3c2/C=C/CN2CCCCC2)cc1. The minimum atomic E-state index is 0.0471. The lowest BCUT2D eigenvalue weighted by Crippen LogP contribution is -2.34. The van der Waals surface area contributed by atoms with Gasteiger partial charge in [0.1, 0.15) is 5.69 Å². The standard InChI is InChI=1S/C34H46N4O2/c1-25(2)15-21-37(22-16-26(3)4)34(40)30-17-23-38-32(24-30)31(10-9-20-36-18-7-6-8-19-36)33(35-38)29-13-11-28(12-14-29)27(5)39/h9-14,17,23-26H,6-8,15-16,18-22H2,1-5H3/b10-9+. The van der Waals surface area contributed by atoms with Crippen molar-refractivity contribution in [3.05, 3.63) is 65.4 Å². The van der Waals surface area contributed by atoms with Crippen LogP contribution < -0.4 is 0 Å². The van der Waals surface area contributed by atoms with Crippen LogP contribution in [0.1, 0.15) is 93.0 Å². The van der Waals surface area contributed by atoms with Gasteiger partial charge in [-0.1, -0.05) is 70.5 Å². The molecule has 3 aromatic rings. The number of amides is 1. The molecule has 40 heavy (non-hydrogen) atoms. The Bertz CT molecular complexity index is 1300. The second kappa shape index (κ2) is 13.9. The van der Waals surface area contributed by atoms with Crippen molar-refractivity contribution in [2.45, 2.75) is 66.7 Å². The summed E-state index contributed by atoms with van der Waals surface area (Å²) >= 11 is 0. The van der Waals surface area contributed by atoms with Crippen LogP contribution in [0.25, 0.3) is 22.9 Å². The van der Waals surface area contributed by atoms with Gasteiger partial charge in [0.25, 0.3) is 5.91 Å². The summed E-state index contributed by atoms with van der Waals surface area (Å²) in [6.45, 7) is 15.1. The lowest BCUT2D eigenvalue weighted by atomic mass is 10.0. The molecular formula is C34H46N4O2. The van der Waals surface area contributed by atoms with Gasteiger partial charge in [-0.2, -0.15) is 5.10 Å². The molecule has 6 heteroatoms. The molecule has 3 heterocycles. The number of benzene rings is 1. The van der Waals surface area contributed by atoms with Crippen LogP contribution in [0.5, 0.6) is 0 Å². The molecule has 1 aliphatic rings. The molecule has 0 unspecified atom stereocenters. The highest BCUT2D eigenvalue weighted by Gasteiger charge is 2.20. The molecule has 0 aliphatic carbocycles. The average Bonchev–Trinajstić information content (AvgIpc) is 3.31. The summed E-state index contributed by atoms with van der Waals surface area (Å²) in [5.74, 6) is 1.21. The number of ketones is 1. The Balaban J connectivity index is 1.70. The molecule has 1 aliphatic heterocycles. The van der Waals surface area contributed by atoms with Crippen LogP contribution in [0.15, 0.2) is 48.7 Å². The van der Waals surface area contributed by atoms with E-state index >= 15 is 0 Å². The number of aromatic nitrogens is 2. The van der Waals surface area contributed by atoms with Gasteiger partial charge in [0.15, 0.2) is 5.78 Å². The number of hydrogen-bond acceptors (Lipinski definition) is 4. The summed E-state index contributed by atoms with van der Waals surface area (Å²) in [6.07, 6.45) is 12.1. The van der Waals surface area contributed by atoms with E-state index in [-0.39, 0.29) is 11.7 Å². The number of fused-ring (bicyclic) bond motifs is 1. The lowest BCUT2D eigenvalue weighted by Gasteiger charge is -2.25. The molecule has 0 bridgehead atoms. The molecule has 214 valence electrons. The smallest absolute Gasteiger partial charge is 0.253 e. The molecular weight excluding hydrogens is 496 g/mol. The molecule has 6 nitrogen and oxygen atoms in total. The minimum Gasteiger partial charge on any atom is -0.339 e. The average molecular weight is 543 g/mol. The Morgan fingerprint density at radius 1 is 0.925 bits per heavy atom. The number of pyridine rings is 1. The normalized spacial score (nSPS) is 14.6. The number of likely N-dealkylation sites (tertiary alicyclic amines) is 1. The Labute approximate surface area is 240 Å². The Kier molecular flexibility index (Phi) is 10.3. The van der Waals surface area contributed by atoms with Gasteiger partial charge in [0, 0.05) is 48.1 Å². The van der Waals surface area contributed by atoms with Crippen molar-refractivity contribution in [1.29, 1.82) is 0 Å². The van der Waals surface area contributed by atoms with E-state index in [0.717, 1.165) is 67.9 Å². The molecule has 4 rings (SSSR count). The van der Waals surface area contributed by atoms with Crippen molar-refractivity contribution >= 4 is 23.3 Å². The van der Waals surface area contributed by atoms with Crippen molar-refractivity contribution in [2.75, 3.05) is 32.7 Å². The molecule has 2 aromatic heterocycles. The maximum atomic E-state index is 13.8. The predicted molar refractivity (Wildman–Crippen MR) is 165 cm³/mol. The van der Waals surface area contributed by atoms with Gasteiger partial charge in [-0.15, -0.1) is 0 Å². The predicted octanol–water partition coefficient (Wildman–Crippen LogP) is 7.24. The van der Waals surface area contributed by atoms with Crippen LogP contribution in [-0.4, -0.2) is 63.8 Å². The van der Waals surface area contributed by atoms with Gasteiger partial charge in [-0.3, -0.25) is 14.5 Å². The van der Waals surface area contributed by atoms with Crippen molar-refractivity contribution < 1.29 is 9.59 Å². The fourth-order valence-electron chi connectivity index (χ4n) is 5.22. The first-order valence-electron chi connectivity index (χ1n) is 15.0. The highest BCUT2D eigenvalue weighted by Crippen LogP contribution is 2.29. The van der Waals surface area contributed by atoms with Gasteiger partial charge < -0.3 is 4.90 Å².